The van der Waals surface area contributed by atoms with Gasteiger partial charge in [-0.15, -0.1) is 0 Å². The largest absolute Gasteiger partial charge is 0.496 e. The van der Waals surface area contributed by atoms with E-state index in [2.05, 4.69) is 36.3 Å². The Morgan fingerprint density at radius 3 is 2.38 bits per heavy atom. The molecule has 0 fully saturated rings. The summed E-state index contributed by atoms with van der Waals surface area (Å²) in [6.45, 7) is 9.94. The molecule has 0 aliphatic rings. The summed E-state index contributed by atoms with van der Waals surface area (Å²) >= 11 is 0. The number of aryl methyl sites for hydroxylation is 2. The van der Waals surface area contributed by atoms with Gasteiger partial charge in [-0.25, -0.2) is 0 Å². The van der Waals surface area contributed by atoms with Crippen LogP contribution in [0.5, 0.6) is 5.75 Å². The highest BCUT2D eigenvalue weighted by Gasteiger charge is 1.95. The minimum Gasteiger partial charge on any atom is -0.496 e. The number of methoxy groups -OCH3 is 1. The molecule has 2 rings (SSSR count). The summed E-state index contributed by atoms with van der Waals surface area (Å²) in [4.78, 5) is 0. The molecule has 0 aromatic heterocycles. The van der Waals surface area contributed by atoms with Crippen LogP contribution in [0.4, 0.5) is 11.4 Å². The van der Waals surface area contributed by atoms with Gasteiger partial charge in [0, 0.05) is 24.1 Å². The molecule has 3 nitrogen and oxygen atoms in total. The van der Waals surface area contributed by atoms with Crippen LogP contribution in [0.2, 0.25) is 0 Å². The average molecular weight is 324 g/mol. The second kappa shape index (κ2) is 10.2. The lowest BCUT2D eigenvalue weighted by atomic mass is 10.1. The van der Waals surface area contributed by atoms with Gasteiger partial charge in [-0.3, -0.25) is 0 Å². The highest BCUT2D eigenvalue weighted by atomic mass is 16.5. The minimum atomic E-state index is 0.890. The maximum absolute atomic E-state index is 5.13. The first kappa shape index (κ1) is 19.4. The zero-order valence-corrected chi connectivity index (χ0v) is 15.3. The van der Waals surface area contributed by atoms with Gasteiger partial charge < -0.3 is 15.4 Å². The fourth-order valence-corrected chi connectivity index (χ4v) is 2.11. The van der Waals surface area contributed by atoms with E-state index >= 15 is 0 Å². The molecule has 128 valence electrons. The summed E-state index contributed by atoms with van der Waals surface area (Å²) in [5.74, 6) is 0.972. The summed E-state index contributed by atoms with van der Waals surface area (Å²) in [5, 5.41) is 6.28. The van der Waals surface area contributed by atoms with Gasteiger partial charge in [0.25, 0.3) is 0 Å². The first-order valence-electron chi connectivity index (χ1n) is 7.97. The van der Waals surface area contributed by atoms with Crippen LogP contribution < -0.4 is 15.4 Å². The van der Waals surface area contributed by atoms with E-state index in [1.807, 2.05) is 63.4 Å². The number of allylic oxidation sites excluding steroid dienone is 2. The Labute approximate surface area is 146 Å². The van der Waals surface area contributed by atoms with Crippen molar-refractivity contribution in [3.63, 3.8) is 0 Å². The minimum absolute atomic E-state index is 0.890. The number of nitrogens with one attached hydrogen (secondary N) is 2. The van der Waals surface area contributed by atoms with Crippen molar-refractivity contribution in [3.05, 3.63) is 78.0 Å². The van der Waals surface area contributed by atoms with Crippen LogP contribution in [0.15, 0.2) is 66.9 Å². The van der Waals surface area contributed by atoms with Crippen molar-refractivity contribution in [2.24, 2.45) is 0 Å². The van der Waals surface area contributed by atoms with Gasteiger partial charge in [0.15, 0.2) is 0 Å². The van der Waals surface area contributed by atoms with Crippen molar-refractivity contribution >= 4 is 11.4 Å². The Bertz CT molecular complexity index is 690. The summed E-state index contributed by atoms with van der Waals surface area (Å²) in [6, 6.07) is 14.2. The fraction of sp³-hybridized carbons (Fsp3) is 0.238. The van der Waals surface area contributed by atoms with Crippen LogP contribution in [0.25, 0.3) is 0 Å². The molecule has 3 heteroatoms. The van der Waals surface area contributed by atoms with Crippen LogP contribution >= 0.6 is 0 Å². The standard InChI is InChI=1S/C12H16N2.C9H12O/c1-4-6-10(2)14-12-8-5-7-11(9-12)13-3;1-7-4-5-8(2)9(6-7)10-3/h4-9,13-14H,2H2,1,3H3;4-6H,1-3H3/b6-4-;. The Morgan fingerprint density at radius 2 is 1.79 bits per heavy atom. The smallest absolute Gasteiger partial charge is 0.122 e. The van der Waals surface area contributed by atoms with Crippen molar-refractivity contribution in [1.29, 1.82) is 0 Å². The summed E-state index contributed by atoms with van der Waals surface area (Å²) < 4.78 is 5.13. The molecule has 0 aliphatic heterocycles. The molecule has 2 aromatic carbocycles. The van der Waals surface area contributed by atoms with Gasteiger partial charge in [-0.05, 0) is 62.2 Å². The normalized spacial score (nSPS) is 9.88. The SMILES string of the molecule is C=C(/C=C\C)Nc1cccc(NC)c1.COc1cc(C)ccc1C. The number of rotatable bonds is 5. The predicted octanol–water partition coefficient (Wildman–Crippen LogP) is 5.54. The topological polar surface area (TPSA) is 33.3 Å². The van der Waals surface area contributed by atoms with Crippen LogP contribution in [0.3, 0.4) is 0 Å². The molecule has 0 atom stereocenters. The summed E-state index contributed by atoms with van der Waals surface area (Å²) in [7, 11) is 3.60. The van der Waals surface area contributed by atoms with Gasteiger partial charge in [0.1, 0.15) is 5.75 Å². The number of hydrogen-bond donors (Lipinski definition) is 2. The van der Waals surface area contributed by atoms with E-state index in [-0.39, 0.29) is 0 Å². The van der Waals surface area contributed by atoms with E-state index in [0.717, 1.165) is 22.8 Å². The third-order valence-electron chi connectivity index (χ3n) is 3.39. The van der Waals surface area contributed by atoms with Crippen LogP contribution in [0.1, 0.15) is 18.1 Å². The Balaban J connectivity index is 0.000000254. The molecule has 2 aromatic rings. The zero-order valence-electron chi connectivity index (χ0n) is 15.3. The number of benzene rings is 2. The molecule has 0 radical (unpaired) electrons. The summed E-state index contributed by atoms with van der Waals surface area (Å²) in [6.07, 6.45) is 3.89. The van der Waals surface area contributed by atoms with E-state index in [0.29, 0.717) is 0 Å². The molecule has 0 saturated heterocycles. The van der Waals surface area contributed by atoms with E-state index < -0.39 is 0 Å². The monoisotopic (exact) mass is 324 g/mol. The highest BCUT2D eigenvalue weighted by Crippen LogP contribution is 2.18. The Hall–Kier alpha value is -2.68. The number of hydrogen-bond acceptors (Lipinski definition) is 3. The number of ether oxygens (including phenoxy) is 1. The van der Waals surface area contributed by atoms with E-state index in [1.165, 1.54) is 11.1 Å². The molecule has 24 heavy (non-hydrogen) atoms. The van der Waals surface area contributed by atoms with E-state index in [1.54, 1.807) is 7.11 Å². The van der Waals surface area contributed by atoms with Gasteiger partial charge in [-0.2, -0.15) is 0 Å². The van der Waals surface area contributed by atoms with Crippen molar-refractivity contribution in [3.8, 4) is 5.75 Å². The Kier molecular flexibility index (Phi) is 8.20. The van der Waals surface area contributed by atoms with Crippen molar-refractivity contribution < 1.29 is 4.74 Å². The molecular weight excluding hydrogens is 296 g/mol. The lowest BCUT2D eigenvalue weighted by molar-refractivity contribution is 0.411. The Morgan fingerprint density at radius 1 is 1.08 bits per heavy atom. The van der Waals surface area contributed by atoms with Crippen LogP contribution in [-0.4, -0.2) is 14.2 Å². The third kappa shape index (κ3) is 6.61. The maximum atomic E-state index is 5.13. The van der Waals surface area contributed by atoms with E-state index in [9.17, 15) is 0 Å². The molecule has 0 aliphatic carbocycles. The molecule has 0 heterocycles. The quantitative estimate of drug-likeness (QED) is 0.708. The fourth-order valence-electron chi connectivity index (χ4n) is 2.11. The lowest BCUT2D eigenvalue weighted by Crippen LogP contribution is -1.96. The van der Waals surface area contributed by atoms with Crippen LogP contribution in [0, 0.1) is 13.8 Å². The lowest BCUT2D eigenvalue weighted by Gasteiger charge is -2.07. The van der Waals surface area contributed by atoms with Gasteiger partial charge in [-0.1, -0.05) is 30.9 Å². The average Bonchev–Trinajstić information content (AvgIpc) is 2.58. The molecule has 0 unspecified atom stereocenters. The second-order valence-corrected chi connectivity index (χ2v) is 5.45. The highest BCUT2D eigenvalue weighted by molar-refractivity contribution is 5.59. The number of anilines is 2. The zero-order chi connectivity index (χ0) is 17.9. The van der Waals surface area contributed by atoms with Crippen molar-refractivity contribution in [2.75, 3.05) is 24.8 Å². The van der Waals surface area contributed by atoms with Crippen molar-refractivity contribution in [2.45, 2.75) is 20.8 Å². The molecular formula is C21H28N2O. The summed E-state index contributed by atoms with van der Waals surface area (Å²) in [5.41, 5.74) is 5.44. The molecule has 2 N–H and O–H groups in total. The maximum Gasteiger partial charge on any atom is 0.122 e. The first-order chi connectivity index (χ1) is 11.5. The molecule has 0 saturated carbocycles. The van der Waals surface area contributed by atoms with Gasteiger partial charge in [0.2, 0.25) is 0 Å². The molecule has 0 bridgehead atoms. The van der Waals surface area contributed by atoms with Crippen molar-refractivity contribution in [1.82, 2.24) is 0 Å². The first-order valence-corrected chi connectivity index (χ1v) is 7.97. The van der Waals surface area contributed by atoms with Crippen LogP contribution in [-0.2, 0) is 0 Å². The van der Waals surface area contributed by atoms with Gasteiger partial charge in [0.05, 0.1) is 7.11 Å². The molecule has 0 spiro atoms. The van der Waals surface area contributed by atoms with Gasteiger partial charge >= 0.3 is 0 Å². The third-order valence-corrected chi connectivity index (χ3v) is 3.39. The van der Waals surface area contributed by atoms with E-state index in [4.69, 9.17) is 4.74 Å². The predicted molar refractivity (Wildman–Crippen MR) is 106 cm³/mol. The molecule has 0 amide bonds. The second-order valence-electron chi connectivity index (χ2n) is 5.45.